The third-order valence-electron chi connectivity index (χ3n) is 1.35. The average Bonchev–Trinajstić information content (AvgIpc) is 2.56. The molecule has 0 aromatic carbocycles. The Labute approximate surface area is 74.5 Å². The molecule has 7 nitrogen and oxygen atoms in total. The van der Waals surface area contributed by atoms with E-state index in [2.05, 4.69) is 15.3 Å². The van der Waals surface area contributed by atoms with Crippen molar-refractivity contribution in [3.05, 3.63) is 12.4 Å². The van der Waals surface area contributed by atoms with Crippen molar-refractivity contribution in [1.82, 2.24) is 15.3 Å². The zero-order valence-corrected chi connectivity index (χ0v) is 7.03. The lowest BCUT2D eigenvalue weighted by Gasteiger charge is -2.16. The van der Waals surface area contributed by atoms with E-state index in [4.69, 9.17) is 11.1 Å². The third kappa shape index (κ3) is 1.75. The molecule has 1 heterocycles. The molecule has 1 aromatic heterocycles. The van der Waals surface area contributed by atoms with Gasteiger partial charge in [0.25, 0.3) is 0 Å². The van der Waals surface area contributed by atoms with Gasteiger partial charge in [-0.25, -0.2) is 14.7 Å². The quantitative estimate of drug-likeness (QED) is 0.345. The molecule has 1 rings (SSSR count). The minimum Gasteiger partial charge on any atom is -0.369 e. The molecule has 0 saturated carbocycles. The van der Waals surface area contributed by atoms with Gasteiger partial charge in [0.05, 0.1) is 0 Å². The Morgan fingerprint density at radius 2 is 2.54 bits per heavy atom. The number of amides is 2. The van der Waals surface area contributed by atoms with Gasteiger partial charge in [-0.1, -0.05) is 0 Å². The molecular weight excluding hydrogens is 172 g/mol. The average molecular weight is 182 g/mol. The van der Waals surface area contributed by atoms with E-state index >= 15 is 0 Å². The van der Waals surface area contributed by atoms with E-state index in [1.54, 1.807) is 0 Å². The fourth-order valence-electron chi connectivity index (χ4n) is 0.811. The van der Waals surface area contributed by atoms with Crippen LogP contribution in [0.15, 0.2) is 12.4 Å². The van der Waals surface area contributed by atoms with Crippen LogP contribution in [-0.2, 0) is 0 Å². The van der Waals surface area contributed by atoms with Gasteiger partial charge in [0.1, 0.15) is 0 Å². The van der Waals surface area contributed by atoms with Crippen molar-refractivity contribution in [2.24, 2.45) is 5.73 Å². The highest BCUT2D eigenvalue weighted by atomic mass is 16.2. The maximum Gasteiger partial charge on any atom is 0.331 e. The van der Waals surface area contributed by atoms with Gasteiger partial charge in [-0.3, -0.25) is 5.41 Å². The number of carbonyl (C=O) groups is 1. The van der Waals surface area contributed by atoms with Crippen molar-refractivity contribution >= 4 is 17.9 Å². The van der Waals surface area contributed by atoms with Crippen LogP contribution in [0.1, 0.15) is 0 Å². The number of urea groups is 1. The standard InChI is InChI=1S/C6H10N6O/c1-9-6(13)12(4(7)8)5-10-2-3-11-5/h2-3H,1H3,(H3,7,8)(H,9,13)(H,10,11). The number of imidazole rings is 1. The summed E-state index contributed by atoms with van der Waals surface area (Å²) in [6.07, 6.45) is 3.00. The van der Waals surface area contributed by atoms with E-state index < -0.39 is 12.0 Å². The molecule has 0 unspecified atom stereocenters. The molecule has 1 aromatic rings. The van der Waals surface area contributed by atoms with Gasteiger partial charge in [0.15, 0.2) is 0 Å². The number of guanidine groups is 1. The number of carbonyl (C=O) groups excluding carboxylic acids is 1. The number of nitrogens with two attached hydrogens (primary N) is 1. The van der Waals surface area contributed by atoms with E-state index in [1.807, 2.05) is 0 Å². The first kappa shape index (κ1) is 9.04. The van der Waals surface area contributed by atoms with Crippen LogP contribution in [0.3, 0.4) is 0 Å². The van der Waals surface area contributed by atoms with E-state index in [1.165, 1.54) is 19.4 Å². The van der Waals surface area contributed by atoms with Crippen LogP contribution in [-0.4, -0.2) is 29.0 Å². The van der Waals surface area contributed by atoms with Crippen molar-refractivity contribution in [3.8, 4) is 0 Å². The lowest BCUT2D eigenvalue weighted by molar-refractivity contribution is 0.250. The molecule has 2 amide bonds. The smallest absolute Gasteiger partial charge is 0.331 e. The van der Waals surface area contributed by atoms with Crippen LogP contribution >= 0.6 is 0 Å². The first-order valence-electron chi connectivity index (χ1n) is 3.52. The summed E-state index contributed by atoms with van der Waals surface area (Å²) in [7, 11) is 1.45. The molecule has 0 fully saturated rings. The maximum atomic E-state index is 11.2. The molecule has 0 aliphatic rings. The number of aromatic amines is 1. The third-order valence-corrected chi connectivity index (χ3v) is 1.35. The van der Waals surface area contributed by atoms with E-state index in [0.29, 0.717) is 0 Å². The highest BCUT2D eigenvalue weighted by molar-refractivity contribution is 6.12. The Hall–Kier alpha value is -2.05. The predicted octanol–water partition coefficient (Wildman–Crippen LogP) is -0.551. The van der Waals surface area contributed by atoms with Crippen molar-refractivity contribution < 1.29 is 4.79 Å². The van der Waals surface area contributed by atoms with Gasteiger partial charge in [-0.15, -0.1) is 0 Å². The first-order chi connectivity index (χ1) is 6.16. The second kappa shape index (κ2) is 3.57. The fourth-order valence-corrected chi connectivity index (χ4v) is 0.811. The Morgan fingerprint density at radius 3 is 2.92 bits per heavy atom. The fraction of sp³-hybridized carbons (Fsp3) is 0.167. The Kier molecular flexibility index (Phi) is 2.48. The number of H-pyrrole nitrogens is 1. The molecular formula is C6H10N6O. The topological polar surface area (TPSA) is 111 Å². The molecule has 7 heteroatoms. The summed E-state index contributed by atoms with van der Waals surface area (Å²) < 4.78 is 0. The van der Waals surface area contributed by atoms with E-state index in [-0.39, 0.29) is 5.95 Å². The number of nitrogens with zero attached hydrogens (tertiary/aromatic N) is 2. The van der Waals surface area contributed by atoms with Crippen molar-refractivity contribution in [2.75, 3.05) is 11.9 Å². The molecule has 0 saturated heterocycles. The van der Waals surface area contributed by atoms with Gasteiger partial charge in [0.2, 0.25) is 11.9 Å². The molecule has 5 N–H and O–H groups in total. The molecule has 0 aliphatic heterocycles. The second-order valence-corrected chi connectivity index (χ2v) is 2.19. The number of anilines is 1. The molecule has 0 bridgehead atoms. The molecule has 0 radical (unpaired) electrons. The van der Waals surface area contributed by atoms with Gasteiger partial charge in [-0.05, 0) is 0 Å². The molecule has 0 atom stereocenters. The Bertz CT molecular complexity index is 305. The maximum absolute atomic E-state index is 11.2. The highest BCUT2D eigenvalue weighted by Gasteiger charge is 2.18. The zero-order chi connectivity index (χ0) is 9.84. The number of hydrogen-bond donors (Lipinski definition) is 4. The number of rotatable bonds is 1. The largest absolute Gasteiger partial charge is 0.369 e. The molecule has 0 aliphatic carbocycles. The summed E-state index contributed by atoms with van der Waals surface area (Å²) >= 11 is 0. The normalized spacial score (nSPS) is 9.31. The van der Waals surface area contributed by atoms with Crippen LogP contribution in [0.4, 0.5) is 10.7 Å². The van der Waals surface area contributed by atoms with Crippen molar-refractivity contribution in [3.63, 3.8) is 0 Å². The van der Waals surface area contributed by atoms with Gasteiger partial charge in [-0.2, -0.15) is 0 Å². The summed E-state index contributed by atoms with van der Waals surface area (Å²) in [6, 6.07) is -0.512. The minimum atomic E-state index is -0.512. The van der Waals surface area contributed by atoms with Crippen LogP contribution < -0.4 is 16.0 Å². The Morgan fingerprint density at radius 1 is 1.85 bits per heavy atom. The van der Waals surface area contributed by atoms with Crippen LogP contribution in [0.2, 0.25) is 0 Å². The van der Waals surface area contributed by atoms with E-state index in [9.17, 15) is 4.79 Å². The number of aromatic nitrogens is 2. The van der Waals surface area contributed by atoms with Gasteiger partial charge >= 0.3 is 6.03 Å². The first-order valence-corrected chi connectivity index (χ1v) is 3.52. The van der Waals surface area contributed by atoms with Gasteiger partial charge in [0, 0.05) is 19.4 Å². The van der Waals surface area contributed by atoms with E-state index in [0.717, 1.165) is 4.90 Å². The predicted molar refractivity (Wildman–Crippen MR) is 47.4 cm³/mol. The molecule has 13 heavy (non-hydrogen) atoms. The van der Waals surface area contributed by atoms with Crippen LogP contribution in [0, 0.1) is 5.41 Å². The SMILES string of the molecule is CNC(=O)N(C(=N)N)c1ncc[nH]1. The molecule has 70 valence electrons. The summed E-state index contributed by atoms with van der Waals surface area (Å²) in [5, 5.41) is 9.49. The van der Waals surface area contributed by atoms with Gasteiger partial charge < -0.3 is 16.0 Å². The highest BCUT2D eigenvalue weighted by Crippen LogP contribution is 2.04. The summed E-state index contributed by atoms with van der Waals surface area (Å²) in [5.74, 6) is -0.179. The summed E-state index contributed by atoms with van der Waals surface area (Å²) in [4.78, 5) is 18.6. The van der Waals surface area contributed by atoms with Crippen molar-refractivity contribution in [1.29, 1.82) is 5.41 Å². The lowest BCUT2D eigenvalue weighted by Crippen LogP contribution is -2.46. The second-order valence-electron chi connectivity index (χ2n) is 2.19. The summed E-state index contributed by atoms with van der Waals surface area (Å²) in [5.41, 5.74) is 5.19. The monoisotopic (exact) mass is 182 g/mol. The van der Waals surface area contributed by atoms with Crippen molar-refractivity contribution in [2.45, 2.75) is 0 Å². The summed E-state index contributed by atoms with van der Waals surface area (Å²) in [6.45, 7) is 0. The van der Waals surface area contributed by atoms with Crippen LogP contribution in [0.25, 0.3) is 0 Å². The molecule has 0 spiro atoms. The minimum absolute atomic E-state index is 0.215. The van der Waals surface area contributed by atoms with Crippen LogP contribution in [0.5, 0.6) is 0 Å². The number of nitrogens with one attached hydrogen (secondary N) is 3. The number of hydrogen-bond acceptors (Lipinski definition) is 3. The lowest BCUT2D eigenvalue weighted by atomic mass is 10.7. The Balaban J connectivity index is 2.93. The zero-order valence-electron chi connectivity index (χ0n) is 7.03.